The molecular formula is C19H21N3O4. The Hall–Kier alpha value is -2.93. The van der Waals surface area contributed by atoms with Crippen LogP contribution in [0.4, 0.5) is 0 Å². The molecule has 2 aromatic heterocycles. The Morgan fingerprint density at radius 1 is 1.27 bits per heavy atom. The van der Waals surface area contributed by atoms with E-state index in [-0.39, 0.29) is 23.3 Å². The summed E-state index contributed by atoms with van der Waals surface area (Å²) in [5.41, 5.74) is 1.05. The van der Waals surface area contributed by atoms with E-state index in [0.29, 0.717) is 24.7 Å². The molecule has 0 aliphatic heterocycles. The van der Waals surface area contributed by atoms with Crippen molar-refractivity contribution in [1.82, 2.24) is 14.9 Å². The van der Waals surface area contributed by atoms with Crippen LogP contribution >= 0.6 is 0 Å². The number of H-pyrrole nitrogens is 1. The van der Waals surface area contributed by atoms with Gasteiger partial charge in [-0.25, -0.2) is 4.79 Å². The smallest absolute Gasteiger partial charge is 0.342 e. The minimum atomic E-state index is -0.579. The molecule has 0 radical (unpaired) electrons. The van der Waals surface area contributed by atoms with Crippen molar-refractivity contribution in [3.8, 4) is 0 Å². The zero-order valence-electron chi connectivity index (χ0n) is 15.0. The number of rotatable bonds is 6. The third kappa shape index (κ3) is 3.67. The quantitative estimate of drug-likeness (QED) is 0.684. The predicted molar refractivity (Wildman–Crippen MR) is 96.9 cm³/mol. The molecule has 2 heterocycles. The fraction of sp³-hybridized carbons (Fsp3) is 0.316. The van der Waals surface area contributed by atoms with Gasteiger partial charge in [-0.3, -0.25) is 9.69 Å². The number of aryl methyl sites for hydroxylation is 1. The largest absolute Gasteiger partial charge is 0.462 e. The number of carbonyl (C=O) groups excluding carboxylic acids is 1. The Morgan fingerprint density at radius 2 is 2.00 bits per heavy atom. The summed E-state index contributed by atoms with van der Waals surface area (Å²) >= 11 is 0. The van der Waals surface area contributed by atoms with E-state index >= 15 is 0 Å². The molecular weight excluding hydrogens is 334 g/mol. The summed E-state index contributed by atoms with van der Waals surface area (Å²) in [6, 6.07) is 10.0. The highest BCUT2D eigenvalue weighted by atomic mass is 16.5. The van der Waals surface area contributed by atoms with Crippen molar-refractivity contribution in [2.75, 3.05) is 13.7 Å². The lowest BCUT2D eigenvalue weighted by molar-refractivity contribution is 0.0526. The van der Waals surface area contributed by atoms with Crippen molar-refractivity contribution in [2.45, 2.75) is 26.9 Å². The lowest BCUT2D eigenvalue weighted by Crippen LogP contribution is -2.22. The molecule has 0 fully saturated rings. The Balaban J connectivity index is 1.87. The van der Waals surface area contributed by atoms with Crippen LogP contribution in [0.3, 0.4) is 0 Å². The van der Waals surface area contributed by atoms with Crippen LogP contribution in [0.5, 0.6) is 0 Å². The summed E-state index contributed by atoms with van der Waals surface area (Å²) in [6.45, 7) is 4.70. The first kappa shape index (κ1) is 17.9. The molecule has 3 aromatic rings. The van der Waals surface area contributed by atoms with E-state index in [1.54, 1.807) is 13.8 Å². The Bertz CT molecular complexity index is 976. The van der Waals surface area contributed by atoms with Gasteiger partial charge in [-0.1, -0.05) is 30.3 Å². The molecule has 0 atom stereocenters. The maximum absolute atomic E-state index is 12.5. The van der Waals surface area contributed by atoms with E-state index in [0.717, 1.165) is 5.56 Å². The zero-order chi connectivity index (χ0) is 18.7. The van der Waals surface area contributed by atoms with Gasteiger partial charge in [0, 0.05) is 6.54 Å². The monoisotopic (exact) mass is 355 g/mol. The van der Waals surface area contributed by atoms with Crippen molar-refractivity contribution in [3.63, 3.8) is 0 Å². The van der Waals surface area contributed by atoms with Gasteiger partial charge in [-0.05, 0) is 26.5 Å². The number of benzene rings is 1. The van der Waals surface area contributed by atoms with Crippen LogP contribution in [-0.4, -0.2) is 34.5 Å². The Labute approximate surface area is 150 Å². The molecule has 0 bridgehead atoms. The van der Waals surface area contributed by atoms with Crippen molar-refractivity contribution < 1.29 is 13.9 Å². The Morgan fingerprint density at radius 3 is 2.69 bits per heavy atom. The van der Waals surface area contributed by atoms with Gasteiger partial charge >= 0.3 is 5.97 Å². The van der Waals surface area contributed by atoms with Crippen LogP contribution < -0.4 is 5.56 Å². The van der Waals surface area contributed by atoms with Crippen molar-refractivity contribution >= 4 is 17.1 Å². The molecule has 3 rings (SSSR count). The summed E-state index contributed by atoms with van der Waals surface area (Å²) < 4.78 is 10.5. The second kappa shape index (κ2) is 7.53. The number of esters is 1. The lowest BCUT2D eigenvalue weighted by atomic mass is 10.2. The van der Waals surface area contributed by atoms with Gasteiger partial charge in [0.15, 0.2) is 0 Å². The standard InChI is InChI=1S/C19H21N3O4/c1-4-25-19(24)15-12(2)26-18-16(15)17(23)20-14(21-18)11-22(3)10-13-8-6-5-7-9-13/h5-9H,4,10-11H2,1-3H3,(H,20,21,23). The number of aromatic nitrogens is 2. The number of hydrogen-bond acceptors (Lipinski definition) is 6. The number of ether oxygens (including phenoxy) is 1. The van der Waals surface area contributed by atoms with Crippen molar-refractivity contribution in [2.24, 2.45) is 0 Å². The topological polar surface area (TPSA) is 88.4 Å². The van der Waals surface area contributed by atoms with E-state index < -0.39 is 11.5 Å². The maximum Gasteiger partial charge on any atom is 0.342 e. The van der Waals surface area contributed by atoms with Gasteiger partial charge in [0.1, 0.15) is 22.5 Å². The molecule has 7 heteroatoms. The van der Waals surface area contributed by atoms with Crippen molar-refractivity contribution in [3.05, 3.63) is 63.4 Å². The lowest BCUT2D eigenvalue weighted by Gasteiger charge is -2.15. The van der Waals surface area contributed by atoms with Gasteiger partial charge < -0.3 is 14.1 Å². The molecule has 136 valence electrons. The van der Waals surface area contributed by atoms with E-state index in [4.69, 9.17) is 9.15 Å². The third-order valence-electron chi connectivity index (χ3n) is 3.98. The normalized spacial score (nSPS) is 11.2. The van der Waals surface area contributed by atoms with Crippen LogP contribution in [-0.2, 0) is 17.8 Å². The van der Waals surface area contributed by atoms with Gasteiger partial charge in [0.05, 0.1) is 13.2 Å². The summed E-state index contributed by atoms with van der Waals surface area (Å²) in [4.78, 5) is 33.7. The van der Waals surface area contributed by atoms with Gasteiger partial charge in [0.25, 0.3) is 5.56 Å². The molecule has 0 aliphatic rings. The highest BCUT2D eigenvalue weighted by Crippen LogP contribution is 2.22. The van der Waals surface area contributed by atoms with Crippen LogP contribution in [0.25, 0.3) is 11.1 Å². The van der Waals surface area contributed by atoms with Crippen molar-refractivity contribution in [1.29, 1.82) is 0 Å². The first-order chi connectivity index (χ1) is 12.5. The number of carbonyl (C=O) groups is 1. The van der Waals surface area contributed by atoms with Crippen LogP contribution in [0.15, 0.2) is 39.5 Å². The molecule has 0 saturated heterocycles. The molecule has 26 heavy (non-hydrogen) atoms. The number of nitrogens with zero attached hydrogens (tertiary/aromatic N) is 2. The van der Waals surface area contributed by atoms with Crippen LogP contribution in [0.1, 0.15) is 34.4 Å². The van der Waals surface area contributed by atoms with Gasteiger partial charge in [-0.15, -0.1) is 0 Å². The average Bonchev–Trinajstić information content (AvgIpc) is 2.92. The SMILES string of the molecule is CCOC(=O)c1c(C)oc2nc(CN(C)Cc3ccccc3)[nH]c(=O)c12. The molecule has 1 N–H and O–H groups in total. The molecule has 7 nitrogen and oxygen atoms in total. The minimum absolute atomic E-state index is 0.135. The highest BCUT2D eigenvalue weighted by molar-refractivity contribution is 6.03. The second-order valence-corrected chi connectivity index (χ2v) is 6.10. The highest BCUT2D eigenvalue weighted by Gasteiger charge is 2.23. The zero-order valence-corrected chi connectivity index (χ0v) is 15.0. The summed E-state index contributed by atoms with van der Waals surface area (Å²) in [6.07, 6.45) is 0. The van der Waals surface area contributed by atoms with Gasteiger partial charge in [-0.2, -0.15) is 4.98 Å². The average molecular weight is 355 g/mol. The van der Waals surface area contributed by atoms with Crippen LogP contribution in [0, 0.1) is 6.92 Å². The second-order valence-electron chi connectivity index (χ2n) is 6.10. The van der Waals surface area contributed by atoms with E-state index in [1.807, 2.05) is 42.3 Å². The van der Waals surface area contributed by atoms with E-state index in [9.17, 15) is 9.59 Å². The number of hydrogen-bond donors (Lipinski definition) is 1. The van der Waals surface area contributed by atoms with Crippen LogP contribution in [0.2, 0.25) is 0 Å². The first-order valence-electron chi connectivity index (χ1n) is 8.41. The molecule has 0 saturated carbocycles. The molecule has 0 unspecified atom stereocenters. The number of aromatic amines is 1. The van der Waals surface area contributed by atoms with E-state index in [2.05, 4.69) is 9.97 Å². The molecule has 0 aliphatic carbocycles. The summed E-state index contributed by atoms with van der Waals surface area (Å²) in [7, 11) is 1.94. The fourth-order valence-corrected chi connectivity index (χ4v) is 2.89. The molecule has 0 amide bonds. The minimum Gasteiger partial charge on any atom is -0.462 e. The summed E-state index contributed by atoms with van der Waals surface area (Å²) in [5.74, 6) is 0.223. The molecule has 1 aromatic carbocycles. The maximum atomic E-state index is 12.5. The van der Waals surface area contributed by atoms with Gasteiger partial charge in [0.2, 0.25) is 5.71 Å². The number of nitrogens with one attached hydrogen (secondary N) is 1. The summed E-state index contributed by atoms with van der Waals surface area (Å²) in [5, 5.41) is 0.135. The Kier molecular flexibility index (Phi) is 5.18. The molecule has 0 spiro atoms. The number of fused-ring (bicyclic) bond motifs is 1. The van der Waals surface area contributed by atoms with E-state index in [1.165, 1.54) is 0 Å². The third-order valence-corrected chi connectivity index (χ3v) is 3.98. The first-order valence-corrected chi connectivity index (χ1v) is 8.41. The predicted octanol–water partition coefficient (Wildman–Crippen LogP) is 2.63. The fourth-order valence-electron chi connectivity index (χ4n) is 2.89. The number of furan rings is 1.